The van der Waals surface area contributed by atoms with E-state index in [-0.39, 0.29) is 99.5 Å². The number of ether oxygens (including phenoxy) is 9. The van der Waals surface area contributed by atoms with E-state index < -0.39 is 139 Å². The van der Waals surface area contributed by atoms with Crippen molar-refractivity contribution >= 4 is 11.9 Å². The molecule has 2 saturated heterocycles. The summed E-state index contributed by atoms with van der Waals surface area (Å²) in [4.78, 5) is 27.7. The van der Waals surface area contributed by atoms with Crippen molar-refractivity contribution in [3.63, 3.8) is 0 Å². The van der Waals surface area contributed by atoms with Crippen LogP contribution in [0.25, 0.3) is 0 Å². The number of fused-ring (bicyclic) bond motifs is 4. The molecule has 20 nitrogen and oxygen atoms in total. The van der Waals surface area contributed by atoms with Crippen molar-refractivity contribution in [1.82, 2.24) is 0 Å². The molecule has 9 N–H and O–H groups in total. The van der Waals surface area contributed by atoms with Gasteiger partial charge in [0.2, 0.25) is 0 Å². The molecule has 0 amide bonds. The summed E-state index contributed by atoms with van der Waals surface area (Å²) < 4.78 is 55.1. The highest BCUT2D eigenvalue weighted by Gasteiger charge is 2.42. The third-order valence-electron chi connectivity index (χ3n) is 22.0. The van der Waals surface area contributed by atoms with Gasteiger partial charge >= 0.3 is 11.9 Å². The molecule has 0 aromatic rings. The molecule has 2 fully saturated rings. The molecule has 0 saturated carbocycles. The Morgan fingerprint density at radius 3 is 1.24 bits per heavy atom. The monoisotopic (exact) mass is 1370 g/mol. The molecule has 558 valence electrons. The van der Waals surface area contributed by atoms with E-state index in [9.17, 15) is 55.5 Å². The minimum absolute atomic E-state index is 0.0332. The van der Waals surface area contributed by atoms with E-state index in [1.807, 2.05) is 71.9 Å². The second kappa shape index (κ2) is 42.4. The third-order valence-corrected chi connectivity index (χ3v) is 22.0. The topological polar surface area (TPSA) is 299 Å². The van der Waals surface area contributed by atoms with E-state index in [0.717, 1.165) is 25.7 Å². The standard InChI is InChI=1S/C77H130O20/c1-44-22-28-56(78)36-58-18-16-20-60(94-58)40-66(80)50(7)67(81)42-69(83)52(9)76(54(11)74(87)46(3)26-30-62-38-64(89-13)34-48(5)92-62)96-72(85)32-24-45(2)23-29-57(79)37-59-19-17-21-61(95-59)41-71(91-15)51(8)68(82)43-70(84)53(10)77(97-73(86)33-25-44)55(12)75(88)47(4)27-31-63-39-65(90-14)35-49(6)93-63/h16-19,22-25,32-33,46-71,74-84,87-88H,20-21,26-31,34-43H2,1-15H3/b32-24+,33-25+,44-22+,45-23+/t46-,47-,48-,49-,50-,51+,52-,53-,54-,55-,56-,57-,58+,59-,60-,61-,62?,63-,64+,65+,66+,67-,68-,69+,70+,71+,74-,75-,76?,77?/m0/s1. The summed E-state index contributed by atoms with van der Waals surface area (Å²) in [6.07, 6.45) is 12.2. The lowest BCUT2D eigenvalue weighted by Gasteiger charge is -2.38. The minimum atomic E-state index is -1.22. The molecule has 5 rings (SSSR count). The predicted molar refractivity (Wildman–Crippen MR) is 373 cm³/mol. The summed E-state index contributed by atoms with van der Waals surface area (Å²) in [5.74, 6) is -5.87. The fourth-order valence-electron chi connectivity index (χ4n) is 15.1. The van der Waals surface area contributed by atoms with Crippen molar-refractivity contribution in [2.45, 2.75) is 333 Å². The van der Waals surface area contributed by atoms with Crippen molar-refractivity contribution in [3.05, 3.63) is 71.9 Å². The number of hydrogen-bond donors (Lipinski definition) is 9. The molecule has 5 aliphatic rings. The molecule has 5 heterocycles. The van der Waals surface area contributed by atoms with Crippen LogP contribution in [0.1, 0.15) is 199 Å². The van der Waals surface area contributed by atoms with Gasteiger partial charge in [0.15, 0.2) is 0 Å². The maximum absolute atomic E-state index is 13.9. The van der Waals surface area contributed by atoms with E-state index in [1.165, 1.54) is 12.2 Å². The van der Waals surface area contributed by atoms with Crippen LogP contribution in [0.2, 0.25) is 0 Å². The van der Waals surface area contributed by atoms with Crippen LogP contribution in [0.4, 0.5) is 0 Å². The Balaban J connectivity index is 1.35. The highest BCUT2D eigenvalue weighted by molar-refractivity contribution is 5.83. The Bertz CT molecular complexity index is 2470. The van der Waals surface area contributed by atoms with E-state index in [0.29, 0.717) is 56.1 Å². The number of allylic oxidation sites excluding steroid dienone is 4. The smallest absolute Gasteiger partial charge is 0.331 e. The Hall–Kier alpha value is -3.26. The summed E-state index contributed by atoms with van der Waals surface area (Å²) in [5.41, 5.74) is 1.35. The molecular formula is C77H130O20. The summed E-state index contributed by atoms with van der Waals surface area (Å²) in [5, 5.41) is 105. The first-order valence-corrected chi connectivity index (χ1v) is 36.7. The van der Waals surface area contributed by atoms with Gasteiger partial charge in [0, 0.05) is 94.7 Å². The Morgan fingerprint density at radius 1 is 0.454 bits per heavy atom. The number of rotatable bonds is 15. The molecule has 4 bridgehead atoms. The van der Waals surface area contributed by atoms with E-state index >= 15 is 0 Å². The summed E-state index contributed by atoms with van der Waals surface area (Å²) in [6.45, 7) is 22.2. The number of esters is 2. The maximum Gasteiger partial charge on any atom is 0.331 e. The molecule has 0 spiro atoms. The predicted octanol–water partition coefficient (Wildman–Crippen LogP) is 9.45. The first-order valence-electron chi connectivity index (χ1n) is 36.7. The summed E-state index contributed by atoms with van der Waals surface area (Å²) >= 11 is 0. The van der Waals surface area contributed by atoms with Crippen LogP contribution in [-0.4, -0.2) is 214 Å². The maximum atomic E-state index is 13.9. The minimum Gasteiger partial charge on any atom is -0.458 e. The molecule has 97 heavy (non-hydrogen) atoms. The Morgan fingerprint density at radius 2 is 0.835 bits per heavy atom. The van der Waals surface area contributed by atoms with Gasteiger partial charge in [-0.3, -0.25) is 0 Å². The van der Waals surface area contributed by atoms with Crippen molar-refractivity contribution in [2.75, 3.05) is 21.3 Å². The van der Waals surface area contributed by atoms with Gasteiger partial charge in [0.1, 0.15) is 12.2 Å². The molecule has 20 heteroatoms. The van der Waals surface area contributed by atoms with Crippen LogP contribution in [0.3, 0.4) is 0 Å². The first-order chi connectivity index (χ1) is 45.9. The number of cyclic esters (lactones) is 2. The zero-order chi connectivity index (χ0) is 71.8. The van der Waals surface area contributed by atoms with Gasteiger partial charge in [0.05, 0.1) is 122 Å². The first kappa shape index (κ1) is 84.4. The average molecular weight is 1380 g/mol. The normalized spacial score (nSPS) is 41.4. The number of aliphatic hydroxyl groups is 9. The van der Waals surface area contributed by atoms with E-state index in [2.05, 4.69) is 0 Å². The second-order valence-electron chi connectivity index (χ2n) is 30.1. The molecule has 0 radical (unpaired) electrons. The number of hydrogen-bond acceptors (Lipinski definition) is 20. The molecule has 0 aliphatic carbocycles. The number of carbonyl (C=O) groups is 2. The van der Waals surface area contributed by atoms with Gasteiger partial charge < -0.3 is 88.6 Å². The summed E-state index contributed by atoms with van der Waals surface area (Å²) in [7, 11) is 4.99. The van der Waals surface area contributed by atoms with Gasteiger partial charge in [-0.25, -0.2) is 9.59 Å². The number of aliphatic hydroxyl groups excluding tert-OH is 9. The van der Waals surface area contributed by atoms with Crippen LogP contribution in [0, 0.1) is 47.3 Å². The second-order valence-corrected chi connectivity index (χ2v) is 30.1. The largest absolute Gasteiger partial charge is 0.458 e. The van der Waals surface area contributed by atoms with Crippen molar-refractivity contribution in [2.24, 2.45) is 47.3 Å². The summed E-state index contributed by atoms with van der Waals surface area (Å²) in [6, 6.07) is 0. The molecular weight excluding hydrogens is 1240 g/mol. The molecule has 0 aromatic carbocycles. The lowest BCUT2D eigenvalue weighted by molar-refractivity contribution is -0.158. The Kier molecular flexibility index (Phi) is 36.9. The zero-order valence-electron chi connectivity index (χ0n) is 61.3. The third kappa shape index (κ3) is 28.1. The highest BCUT2D eigenvalue weighted by Crippen LogP contribution is 2.36. The van der Waals surface area contributed by atoms with Crippen LogP contribution in [-0.2, 0) is 52.2 Å². The lowest BCUT2D eigenvalue weighted by atomic mass is 9.78. The van der Waals surface area contributed by atoms with Crippen LogP contribution >= 0.6 is 0 Å². The Labute approximate surface area is 581 Å². The number of methoxy groups -OCH3 is 3. The number of carbonyl (C=O) groups excluding carboxylic acids is 2. The quantitative estimate of drug-likeness (QED) is 0.0544. The van der Waals surface area contributed by atoms with Crippen molar-refractivity contribution in [3.8, 4) is 0 Å². The van der Waals surface area contributed by atoms with Gasteiger partial charge in [-0.2, -0.15) is 0 Å². The highest BCUT2D eigenvalue weighted by atomic mass is 16.6. The van der Waals surface area contributed by atoms with Crippen LogP contribution in [0.5, 0.6) is 0 Å². The fraction of sp³-hybridized carbons (Fsp3) is 0.818. The average Bonchev–Trinajstić information content (AvgIpc) is 0.873. The fourth-order valence-corrected chi connectivity index (χ4v) is 15.1. The van der Waals surface area contributed by atoms with Crippen molar-refractivity contribution < 1.29 is 98.2 Å². The van der Waals surface area contributed by atoms with Crippen molar-refractivity contribution in [1.29, 1.82) is 0 Å². The molecule has 5 aliphatic heterocycles. The SMILES string of the molecule is CO[C@H]1CC(CC[C@H](C)[C@H](O)[C@H](C)C2OC(=O)/C=C/C(C)=C/C[C@H](O)C[C@@H]3C=CC[C@@H](C[C@@H](OC)[C@H](C)[C@@H](O)C[C@@H](O)[C@H](C)C([C@@H](C)[C@@H](O)[C@@H](C)CC[C@H]4C[C@H](OC)C[C@H](C)O4)OC(=O)/C=C/C(C)=C/C[C@H](O)C[C@H]4C=CC[C@@H](C[C@@H](O)[C@H](C)[C@@H](O)C[C@@H](O)[C@@H]2C)O4)O3)O[C@@H](C)C1. The molecule has 30 atom stereocenters. The van der Waals surface area contributed by atoms with E-state index in [1.54, 1.807) is 81.1 Å². The lowest BCUT2D eigenvalue weighted by Crippen LogP contribution is -2.45. The van der Waals surface area contributed by atoms with Gasteiger partial charge in [-0.1, -0.05) is 115 Å². The van der Waals surface area contributed by atoms with Gasteiger partial charge in [-0.05, 0) is 129 Å². The van der Waals surface area contributed by atoms with Crippen LogP contribution in [0.15, 0.2) is 71.9 Å². The molecule has 3 unspecified atom stereocenters. The van der Waals surface area contributed by atoms with Gasteiger partial charge in [-0.15, -0.1) is 0 Å². The van der Waals surface area contributed by atoms with Crippen LogP contribution < -0.4 is 0 Å². The van der Waals surface area contributed by atoms with Gasteiger partial charge in [0.25, 0.3) is 0 Å². The zero-order valence-corrected chi connectivity index (χ0v) is 61.3. The molecule has 0 aromatic heterocycles. The van der Waals surface area contributed by atoms with E-state index in [4.69, 9.17) is 42.6 Å².